The molecule has 1 aliphatic heterocycles. The molecule has 0 aliphatic carbocycles. The Labute approximate surface area is 132 Å². The fourth-order valence-corrected chi connectivity index (χ4v) is 2.66. The monoisotopic (exact) mass is 329 g/mol. The molecule has 2 rings (SSSR count). The minimum absolute atomic E-state index is 0.0849. The number of halogens is 2. The van der Waals surface area contributed by atoms with Crippen molar-refractivity contribution >= 4 is 23.5 Å². The van der Waals surface area contributed by atoms with Gasteiger partial charge in [-0.05, 0) is 38.0 Å². The molecule has 0 radical (unpaired) electrons. The van der Waals surface area contributed by atoms with Crippen LogP contribution in [0.1, 0.15) is 19.8 Å². The van der Waals surface area contributed by atoms with Gasteiger partial charge < -0.3 is 14.7 Å². The van der Waals surface area contributed by atoms with Gasteiger partial charge >= 0.3 is 5.97 Å². The maximum atomic E-state index is 13.0. The predicted molar refractivity (Wildman–Crippen MR) is 78.4 cm³/mol. The SMILES string of the molecule is C[C@@H](Oc1ccc(F)cc1Cl)C(=O)N1CCC[C@@H](C(=O)O)C1. The van der Waals surface area contributed by atoms with Crippen LogP contribution in [0.3, 0.4) is 0 Å². The Bertz CT molecular complexity index is 581. The number of rotatable bonds is 4. The van der Waals surface area contributed by atoms with E-state index < -0.39 is 23.8 Å². The second kappa shape index (κ2) is 6.96. The summed E-state index contributed by atoms with van der Waals surface area (Å²) in [7, 11) is 0. The summed E-state index contributed by atoms with van der Waals surface area (Å²) in [4.78, 5) is 24.9. The predicted octanol–water partition coefficient (Wildman–Crippen LogP) is 2.57. The molecule has 1 heterocycles. The molecule has 7 heteroatoms. The van der Waals surface area contributed by atoms with E-state index in [2.05, 4.69) is 0 Å². The molecule has 1 aromatic rings. The zero-order chi connectivity index (χ0) is 16.3. The summed E-state index contributed by atoms with van der Waals surface area (Å²) in [5.41, 5.74) is 0. The van der Waals surface area contributed by atoms with Crippen LogP contribution in [0.5, 0.6) is 5.75 Å². The van der Waals surface area contributed by atoms with Crippen molar-refractivity contribution in [1.29, 1.82) is 0 Å². The highest BCUT2D eigenvalue weighted by molar-refractivity contribution is 6.32. The topological polar surface area (TPSA) is 66.8 Å². The lowest BCUT2D eigenvalue weighted by Crippen LogP contribution is -2.47. The number of carboxylic acids is 1. The lowest BCUT2D eigenvalue weighted by molar-refractivity contribution is -0.147. The van der Waals surface area contributed by atoms with Gasteiger partial charge in [-0.1, -0.05) is 11.6 Å². The summed E-state index contributed by atoms with van der Waals surface area (Å²) in [6.07, 6.45) is 0.390. The first-order valence-electron chi connectivity index (χ1n) is 7.01. The average Bonchev–Trinajstić information content (AvgIpc) is 2.49. The largest absolute Gasteiger partial charge is 0.481 e. The van der Waals surface area contributed by atoms with Crippen molar-refractivity contribution in [3.8, 4) is 5.75 Å². The fraction of sp³-hybridized carbons (Fsp3) is 0.467. The van der Waals surface area contributed by atoms with E-state index >= 15 is 0 Å². The second-order valence-corrected chi connectivity index (χ2v) is 5.70. The molecule has 1 aromatic carbocycles. The Morgan fingerprint density at radius 3 is 2.86 bits per heavy atom. The number of ether oxygens (including phenoxy) is 1. The number of carboxylic acid groups (broad SMARTS) is 1. The molecule has 0 unspecified atom stereocenters. The van der Waals surface area contributed by atoms with E-state index in [1.165, 1.54) is 17.0 Å². The van der Waals surface area contributed by atoms with Crippen LogP contribution in [0.15, 0.2) is 18.2 Å². The van der Waals surface area contributed by atoms with Crippen LogP contribution in [0, 0.1) is 11.7 Å². The Kier molecular flexibility index (Phi) is 5.24. The summed E-state index contributed by atoms with van der Waals surface area (Å²) < 4.78 is 18.5. The number of carbonyl (C=O) groups excluding carboxylic acids is 1. The zero-order valence-electron chi connectivity index (χ0n) is 12.1. The van der Waals surface area contributed by atoms with Gasteiger partial charge in [-0.2, -0.15) is 0 Å². The maximum Gasteiger partial charge on any atom is 0.308 e. The standard InChI is InChI=1S/C15H17ClFNO4/c1-9(22-13-5-4-11(17)7-12(13)16)14(19)18-6-2-3-10(8-18)15(20)21/h4-5,7,9-10H,2-3,6,8H2,1H3,(H,20,21)/t9-,10-/m1/s1. The van der Waals surface area contributed by atoms with Crippen molar-refractivity contribution in [2.24, 2.45) is 5.92 Å². The maximum absolute atomic E-state index is 13.0. The van der Waals surface area contributed by atoms with Gasteiger partial charge in [0.15, 0.2) is 6.10 Å². The van der Waals surface area contributed by atoms with E-state index in [1.54, 1.807) is 6.92 Å². The average molecular weight is 330 g/mol. The number of aliphatic carboxylic acids is 1. The summed E-state index contributed by atoms with van der Waals surface area (Å²) in [6, 6.07) is 3.66. The van der Waals surface area contributed by atoms with Gasteiger partial charge in [-0.3, -0.25) is 9.59 Å². The Morgan fingerprint density at radius 2 is 2.23 bits per heavy atom. The van der Waals surface area contributed by atoms with Gasteiger partial charge in [-0.25, -0.2) is 4.39 Å². The highest BCUT2D eigenvalue weighted by Gasteiger charge is 2.31. The summed E-state index contributed by atoms with van der Waals surface area (Å²) in [5, 5.41) is 9.14. The minimum atomic E-state index is -0.896. The number of amides is 1. The summed E-state index contributed by atoms with van der Waals surface area (Å²) >= 11 is 5.86. The number of nitrogens with zero attached hydrogens (tertiary/aromatic N) is 1. The normalized spacial score (nSPS) is 19.6. The van der Waals surface area contributed by atoms with Gasteiger partial charge in [0.25, 0.3) is 5.91 Å². The highest BCUT2D eigenvalue weighted by Crippen LogP contribution is 2.26. The van der Waals surface area contributed by atoms with Crippen molar-refractivity contribution in [1.82, 2.24) is 4.90 Å². The van der Waals surface area contributed by atoms with E-state index in [4.69, 9.17) is 21.4 Å². The highest BCUT2D eigenvalue weighted by atomic mass is 35.5. The second-order valence-electron chi connectivity index (χ2n) is 5.30. The van der Waals surface area contributed by atoms with E-state index in [9.17, 15) is 14.0 Å². The van der Waals surface area contributed by atoms with Crippen LogP contribution < -0.4 is 4.74 Å². The molecule has 0 saturated carbocycles. The fourth-order valence-electron chi connectivity index (χ4n) is 2.45. The number of likely N-dealkylation sites (tertiary alicyclic amines) is 1. The molecular weight excluding hydrogens is 313 g/mol. The number of piperidine rings is 1. The van der Waals surface area contributed by atoms with Gasteiger partial charge in [0.2, 0.25) is 0 Å². The van der Waals surface area contributed by atoms with Crippen molar-refractivity contribution in [3.63, 3.8) is 0 Å². The molecule has 1 saturated heterocycles. The van der Waals surface area contributed by atoms with E-state index in [0.29, 0.717) is 19.4 Å². The van der Waals surface area contributed by atoms with Crippen LogP contribution in [-0.4, -0.2) is 41.1 Å². The molecule has 0 spiro atoms. The number of hydrogen-bond donors (Lipinski definition) is 1. The first-order chi connectivity index (χ1) is 10.4. The minimum Gasteiger partial charge on any atom is -0.481 e. The van der Waals surface area contributed by atoms with E-state index in [1.807, 2.05) is 0 Å². The number of carbonyl (C=O) groups is 2. The molecule has 2 atom stereocenters. The molecule has 0 aromatic heterocycles. The van der Waals surface area contributed by atoms with Crippen LogP contribution in [0.2, 0.25) is 5.02 Å². The van der Waals surface area contributed by atoms with Crippen molar-refractivity contribution in [2.45, 2.75) is 25.9 Å². The third kappa shape index (κ3) is 3.88. The molecule has 120 valence electrons. The summed E-state index contributed by atoms with van der Waals surface area (Å²) in [5.74, 6) is -2.01. The number of benzene rings is 1. The lowest BCUT2D eigenvalue weighted by Gasteiger charge is -2.32. The summed E-state index contributed by atoms with van der Waals surface area (Å²) in [6.45, 7) is 2.25. The quantitative estimate of drug-likeness (QED) is 0.922. The first kappa shape index (κ1) is 16.5. The van der Waals surface area contributed by atoms with Crippen molar-refractivity contribution in [2.75, 3.05) is 13.1 Å². The molecule has 0 bridgehead atoms. The third-order valence-corrected chi connectivity index (χ3v) is 3.92. The Hall–Kier alpha value is -1.82. The number of hydrogen-bond acceptors (Lipinski definition) is 3. The van der Waals surface area contributed by atoms with E-state index in [0.717, 1.165) is 6.07 Å². The van der Waals surface area contributed by atoms with Crippen molar-refractivity contribution < 1.29 is 23.8 Å². The molecular formula is C15H17ClFNO4. The van der Waals surface area contributed by atoms with Crippen molar-refractivity contribution in [3.05, 3.63) is 29.0 Å². The first-order valence-corrected chi connectivity index (χ1v) is 7.39. The van der Waals surface area contributed by atoms with Crippen LogP contribution in [0.25, 0.3) is 0 Å². The Morgan fingerprint density at radius 1 is 1.50 bits per heavy atom. The lowest BCUT2D eigenvalue weighted by atomic mass is 9.98. The Balaban J connectivity index is 2.01. The van der Waals surface area contributed by atoms with Crippen LogP contribution in [0.4, 0.5) is 4.39 Å². The molecule has 5 nitrogen and oxygen atoms in total. The third-order valence-electron chi connectivity index (χ3n) is 3.63. The van der Waals surface area contributed by atoms with Gasteiger partial charge in [-0.15, -0.1) is 0 Å². The molecule has 1 aliphatic rings. The molecule has 1 fully saturated rings. The van der Waals surface area contributed by atoms with Gasteiger partial charge in [0.05, 0.1) is 10.9 Å². The smallest absolute Gasteiger partial charge is 0.308 e. The molecule has 22 heavy (non-hydrogen) atoms. The zero-order valence-corrected chi connectivity index (χ0v) is 12.8. The van der Waals surface area contributed by atoms with Crippen LogP contribution in [-0.2, 0) is 9.59 Å². The molecule has 1 amide bonds. The van der Waals surface area contributed by atoms with Gasteiger partial charge in [0.1, 0.15) is 11.6 Å². The van der Waals surface area contributed by atoms with Gasteiger partial charge in [0, 0.05) is 13.1 Å². The molecule has 1 N–H and O–H groups in total. The van der Waals surface area contributed by atoms with E-state index in [-0.39, 0.29) is 23.2 Å². The van der Waals surface area contributed by atoms with Crippen LogP contribution >= 0.6 is 11.6 Å².